The van der Waals surface area contributed by atoms with E-state index in [0.717, 1.165) is 18.1 Å². The molecule has 3 heterocycles. The molecule has 3 aromatic heterocycles. The van der Waals surface area contributed by atoms with Gasteiger partial charge in [0.1, 0.15) is 17.1 Å². The minimum Gasteiger partial charge on any atom is -0.439 e. The maximum atomic E-state index is 12.9. The molecule has 0 saturated carbocycles. The standard InChI is InChI=1S/C22H19F3N4O2/c1-13(2)20-27-11-18-21(30)28(3)19(12-29(18)20)31-17-6-4-14(5-7-17)15-8-16(10-26-9-15)22(23,24)25/h4-13H,1-3H3. The van der Waals surface area contributed by atoms with E-state index in [1.165, 1.54) is 10.8 Å². The van der Waals surface area contributed by atoms with Gasteiger partial charge in [0.2, 0.25) is 5.88 Å². The first kappa shape index (κ1) is 20.6. The molecule has 0 aliphatic carbocycles. The highest BCUT2D eigenvalue weighted by atomic mass is 19.4. The molecule has 0 fully saturated rings. The number of ether oxygens (including phenoxy) is 1. The van der Waals surface area contributed by atoms with Gasteiger partial charge in [0.05, 0.1) is 18.0 Å². The Labute approximate surface area is 175 Å². The van der Waals surface area contributed by atoms with Crippen LogP contribution >= 0.6 is 0 Å². The molecule has 0 saturated heterocycles. The second-order valence-corrected chi connectivity index (χ2v) is 7.44. The van der Waals surface area contributed by atoms with Crippen molar-refractivity contribution in [2.45, 2.75) is 25.9 Å². The molecule has 0 spiro atoms. The molecule has 0 unspecified atom stereocenters. The first-order valence-electron chi connectivity index (χ1n) is 9.52. The number of halogens is 3. The quantitative estimate of drug-likeness (QED) is 0.458. The molecule has 4 aromatic rings. The average Bonchev–Trinajstić information content (AvgIpc) is 3.16. The van der Waals surface area contributed by atoms with Crippen molar-refractivity contribution in [1.29, 1.82) is 0 Å². The maximum Gasteiger partial charge on any atom is 0.417 e. The highest BCUT2D eigenvalue weighted by Crippen LogP contribution is 2.32. The van der Waals surface area contributed by atoms with Gasteiger partial charge in [-0.2, -0.15) is 13.2 Å². The Kier molecular flexibility index (Phi) is 5.04. The Bertz CT molecular complexity index is 1310. The topological polar surface area (TPSA) is 61.4 Å². The van der Waals surface area contributed by atoms with Gasteiger partial charge in [-0.25, -0.2) is 4.98 Å². The van der Waals surface area contributed by atoms with Crippen LogP contribution in [0, 0.1) is 0 Å². The minimum absolute atomic E-state index is 0.114. The van der Waals surface area contributed by atoms with E-state index in [4.69, 9.17) is 4.74 Å². The molecule has 0 radical (unpaired) electrons. The van der Waals surface area contributed by atoms with Crippen molar-refractivity contribution >= 4 is 5.52 Å². The number of aromatic nitrogens is 4. The van der Waals surface area contributed by atoms with E-state index in [0.29, 0.717) is 28.3 Å². The molecular weight excluding hydrogens is 409 g/mol. The van der Waals surface area contributed by atoms with Gasteiger partial charge in [0, 0.05) is 30.9 Å². The van der Waals surface area contributed by atoms with Crippen LogP contribution in [0.15, 0.2) is 59.9 Å². The summed E-state index contributed by atoms with van der Waals surface area (Å²) in [6.45, 7) is 3.96. The summed E-state index contributed by atoms with van der Waals surface area (Å²) in [4.78, 5) is 20.7. The fraction of sp³-hybridized carbons (Fsp3) is 0.227. The first-order chi connectivity index (χ1) is 14.6. The third kappa shape index (κ3) is 3.90. The third-order valence-electron chi connectivity index (χ3n) is 4.91. The Hall–Kier alpha value is -3.62. The van der Waals surface area contributed by atoms with E-state index in [1.807, 2.05) is 13.8 Å². The summed E-state index contributed by atoms with van der Waals surface area (Å²) in [5.41, 5.74) is 0.298. The lowest BCUT2D eigenvalue weighted by molar-refractivity contribution is -0.137. The second-order valence-electron chi connectivity index (χ2n) is 7.44. The summed E-state index contributed by atoms with van der Waals surface area (Å²) in [7, 11) is 1.60. The molecule has 31 heavy (non-hydrogen) atoms. The minimum atomic E-state index is -4.46. The zero-order valence-electron chi connectivity index (χ0n) is 17.0. The predicted octanol–water partition coefficient (Wildman–Crippen LogP) is 5.03. The van der Waals surface area contributed by atoms with Gasteiger partial charge in [-0.3, -0.25) is 18.7 Å². The molecule has 0 N–H and O–H groups in total. The van der Waals surface area contributed by atoms with E-state index in [2.05, 4.69) is 9.97 Å². The molecular formula is C22H19F3N4O2. The number of fused-ring (bicyclic) bond motifs is 1. The van der Waals surface area contributed by atoms with Crippen molar-refractivity contribution in [3.63, 3.8) is 0 Å². The average molecular weight is 428 g/mol. The molecule has 0 atom stereocenters. The Balaban J connectivity index is 1.66. The molecule has 0 amide bonds. The van der Waals surface area contributed by atoms with E-state index < -0.39 is 11.7 Å². The molecule has 0 bridgehead atoms. The van der Waals surface area contributed by atoms with Crippen LogP contribution < -0.4 is 10.3 Å². The Morgan fingerprint density at radius 2 is 1.74 bits per heavy atom. The highest BCUT2D eigenvalue weighted by Gasteiger charge is 2.31. The van der Waals surface area contributed by atoms with Gasteiger partial charge in [0.25, 0.3) is 5.56 Å². The lowest BCUT2D eigenvalue weighted by atomic mass is 10.1. The van der Waals surface area contributed by atoms with Crippen molar-refractivity contribution in [3.8, 4) is 22.8 Å². The van der Waals surface area contributed by atoms with Crippen LogP contribution in [0.5, 0.6) is 11.6 Å². The maximum absolute atomic E-state index is 12.9. The summed E-state index contributed by atoms with van der Waals surface area (Å²) in [6, 6.07) is 7.58. The lowest BCUT2D eigenvalue weighted by Crippen LogP contribution is -2.20. The van der Waals surface area contributed by atoms with Crippen molar-refractivity contribution in [1.82, 2.24) is 18.9 Å². The summed E-state index contributed by atoms with van der Waals surface area (Å²) >= 11 is 0. The van der Waals surface area contributed by atoms with Crippen molar-refractivity contribution in [2.75, 3.05) is 0 Å². The fourth-order valence-corrected chi connectivity index (χ4v) is 3.25. The number of rotatable bonds is 4. The third-order valence-corrected chi connectivity index (χ3v) is 4.91. The molecule has 9 heteroatoms. The molecule has 1 aromatic carbocycles. The highest BCUT2D eigenvalue weighted by molar-refractivity contribution is 5.64. The van der Waals surface area contributed by atoms with Crippen molar-refractivity contribution in [3.05, 3.63) is 76.9 Å². The number of hydrogen-bond acceptors (Lipinski definition) is 4. The summed E-state index contributed by atoms with van der Waals surface area (Å²) in [5.74, 6) is 1.60. The van der Waals surface area contributed by atoms with Crippen LogP contribution in [0.3, 0.4) is 0 Å². The number of benzene rings is 1. The predicted molar refractivity (Wildman–Crippen MR) is 109 cm³/mol. The summed E-state index contributed by atoms with van der Waals surface area (Å²) in [6.07, 6.45) is 0.940. The summed E-state index contributed by atoms with van der Waals surface area (Å²) < 4.78 is 47.8. The zero-order chi connectivity index (χ0) is 22.3. The molecule has 0 aliphatic rings. The Morgan fingerprint density at radius 1 is 1.03 bits per heavy atom. The van der Waals surface area contributed by atoms with Crippen LogP contribution in [-0.2, 0) is 13.2 Å². The molecule has 160 valence electrons. The van der Waals surface area contributed by atoms with Gasteiger partial charge in [-0.05, 0) is 23.8 Å². The number of hydrogen-bond donors (Lipinski definition) is 0. The number of pyridine rings is 1. The molecule has 6 nitrogen and oxygen atoms in total. The van der Waals surface area contributed by atoms with Gasteiger partial charge in [-0.1, -0.05) is 26.0 Å². The molecule has 4 rings (SSSR count). The lowest BCUT2D eigenvalue weighted by Gasteiger charge is -2.13. The van der Waals surface area contributed by atoms with Crippen LogP contribution in [0.1, 0.15) is 31.2 Å². The van der Waals surface area contributed by atoms with Gasteiger partial charge in [0.15, 0.2) is 0 Å². The van der Waals surface area contributed by atoms with E-state index in [1.54, 1.807) is 48.1 Å². The number of imidazole rings is 1. The van der Waals surface area contributed by atoms with E-state index in [9.17, 15) is 18.0 Å². The number of alkyl halides is 3. The Morgan fingerprint density at radius 3 is 2.39 bits per heavy atom. The number of nitrogens with zero attached hydrogens (tertiary/aromatic N) is 4. The smallest absolute Gasteiger partial charge is 0.417 e. The van der Waals surface area contributed by atoms with Crippen LogP contribution in [-0.4, -0.2) is 18.9 Å². The van der Waals surface area contributed by atoms with E-state index >= 15 is 0 Å². The van der Waals surface area contributed by atoms with Crippen LogP contribution in [0.2, 0.25) is 0 Å². The van der Waals surface area contributed by atoms with Crippen LogP contribution in [0.25, 0.3) is 16.6 Å². The van der Waals surface area contributed by atoms with Crippen molar-refractivity contribution < 1.29 is 17.9 Å². The zero-order valence-corrected chi connectivity index (χ0v) is 17.0. The van der Waals surface area contributed by atoms with Crippen LogP contribution in [0.4, 0.5) is 13.2 Å². The second kappa shape index (κ2) is 7.57. The van der Waals surface area contributed by atoms with E-state index in [-0.39, 0.29) is 11.5 Å². The largest absolute Gasteiger partial charge is 0.439 e. The summed E-state index contributed by atoms with van der Waals surface area (Å²) in [5, 5.41) is 0. The fourth-order valence-electron chi connectivity index (χ4n) is 3.25. The van der Waals surface area contributed by atoms with Gasteiger partial charge < -0.3 is 4.74 Å². The van der Waals surface area contributed by atoms with Gasteiger partial charge in [-0.15, -0.1) is 0 Å². The normalized spacial score (nSPS) is 12.0. The van der Waals surface area contributed by atoms with Crippen molar-refractivity contribution in [2.24, 2.45) is 7.05 Å². The SMILES string of the molecule is CC(C)c1ncc2c(=O)n(C)c(Oc3ccc(-c4cncc(C(F)(F)F)c4)cc3)cn12. The first-order valence-corrected chi connectivity index (χ1v) is 9.52. The monoisotopic (exact) mass is 428 g/mol. The molecule has 0 aliphatic heterocycles. The van der Waals surface area contributed by atoms with Gasteiger partial charge >= 0.3 is 6.18 Å².